The number of H-pyrrole nitrogens is 1. The summed E-state index contributed by atoms with van der Waals surface area (Å²) in [6, 6.07) is 5.08. The Labute approximate surface area is 147 Å². The summed E-state index contributed by atoms with van der Waals surface area (Å²) in [5, 5.41) is 0.201. The summed E-state index contributed by atoms with van der Waals surface area (Å²) >= 11 is 5.94. The molecule has 0 radical (unpaired) electrons. The number of benzene rings is 1. The number of nitrogens with one attached hydrogen (secondary N) is 1. The lowest BCUT2D eigenvalue weighted by Crippen LogP contribution is -2.42. The first-order chi connectivity index (χ1) is 11.9. The second-order valence-electron chi connectivity index (χ2n) is 5.82. The van der Waals surface area contributed by atoms with E-state index in [9.17, 15) is 18.8 Å². The number of nitrogens with zero attached hydrogens (tertiary/aromatic N) is 1. The van der Waals surface area contributed by atoms with Crippen molar-refractivity contribution in [2.45, 2.75) is 18.9 Å². The van der Waals surface area contributed by atoms with E-state index >= 15 is 0 Å². The van der Waals surface area contributed by atoms with Gasteiger partial charge in [0, 0.05) is 11.2 Å². The smallest absolute Gasteiger partial charge is 0.260 e. The van der Waals surface area contributed by atoms with Crippen molar-refractivity contribution < 1.29 is 14.0 Å². The van der Waals surface area contributed by atoms with E-state index in [0.717, 1.165) is 0 Å². The highest BCUT2D eigenvalue weighted by Gasteiger charge is 2.34. The van der Waals surface area contributed by atoms with E-state index in [2.05, 4.69) is 4.98 Å². The lowest BCUT2D eigenvalue weighted by molar-refractivity contribution is -0.119. The summed E-state index contributed by atoms with van der Waals surface area (Å²) in [7, 11) is 0. The number of aromatic amines is 1. The Hall–Kier alpha value is -2.67. The number of primary amides is 1. The molecule has 0 fully saturated rings. The fourth-order valence-corrected chi connectivity index (χ4v) is 3.39. The average Bonchev–Trinajstić information content (AvgIpc) is 2.96. The molecule has 0 unspecified atom stereocenters. The van der Waals surface area contributed by atoms with E-state index in [1.54, 1.807) is 6.07 Å². The molecule has 6 nitrogen and oxygen atoms in total. The molecule has 1 aliphatic rings. The first-order valence-electron chi connectivity index (χ1n) is 7.63. The van der Waals surface area contributed by atoms with Crippen molar-refractivity contribution in [3.8, 4) is 0 Å². The van der Waals surface area contributed by atoms with Crippen LogP contribution in [0.15, 0.2) is 35.3 Å². The molecule has 1 aromatic heterocycles. The maximum Gasteiger partial charge on any atom is 0.260 e. The zero-order valence-corrected chi connectivity index (χ0v) is 13.8. The maximum atomic E-state index is 14.1. The van der Waals surface area contributed by atoms with Gasteiger partial charge in [0.15, 0.2) is 0 Å². The molecule has 2 amide bonds. The topological polar surface area (TPSA) is 96.3 Å². The lowest BCUT2D eigenvalue weighted by Gasteiger charge is -2.28. The molecule has 2 aromatic rings. The van der Waals surface area contributed by atoms with Crippen molar-refractivity contribution in [2.75, 3.05) is 6.54 Å². The quantitative estimate of drug-likeness (QED) is 0.866. The van der Waals surface area contributed by atoms with Crippen molar-refractivity contribution in [3.63, 3.8) is 0 Å². The van der Waals surface area contributed by atoms with Crippen molar-refractivity contribution >= 4 is 23.4 Å². The molecule has 0 spiro atoms. The van der Waals surface area contributed by atoms with Crippen LogP contribution in [-0.2, 0) is 11.2 Å². The van der Waals surface area contributed by atoms with E-state index < -0.39 is 29.2 Å². The molecule has 130 valence electrons. The van der Waals surface area contributed by atoms with Crippen LogP contribution in [0.3, 0.4) is 0 Å². The number of fused-ring (bicyclic) bond motifs is 1. The molecule has 3 rings (SSSR count). The normalized spacial score (nSPS) is 15.7. The Morgan fingerprint density at radius 1 is 1.40 bits per heavy atom. The van der Waals surface area contributed by atoms with Crippen molar-refractivity contribution in [1.29, 1.82) is 0 Å². The molecule has 1 aliphatic carbocycles. The van der Waals surface area contributed by atoms with Gasteiger partial charge < -0.3 is 15.6 Å². The lowest BCUT2D eigenvalue weighted by atomic mass is 10.1. The standard InChI is InChI=1S/C17H15ClFN3O3/c18-9-6-12-10(13(19)7-9)3-4-14(12)22(8-15(20)23)17(25)11-2-1-5-21-16(11)24/h1-2,5-7,14H,3-4,8H2,(H2,20,23)(H,21,24)/t14-/m1/s1. The number of halogens is 2. The van der Waals surface area contributed by atoms with Gasteiger partial charge in [-0.3, -0.25) is 14.4 Å². The fourth-order valence-electron chi connectivity index (χ4n) is 3.18. The highest BCUT2D eigenvalue weighted by Crippen LogP contribution is 2.39. The summed E-state index contributed by atoms with van der Waals surface area (Å²) in [4.78, 5) is 39.9. The van der Waals surface area contributed by atoms with Crippen molar-refractivity contribution in [1.82, 2.24) is 9.88 Å². The Morgan fingerprint density at radius 3 is 2.84 bits per heavy atom. The molecule has 0 saturated carbocycles. The predicted molar refractivity (Wildman–Crippen MR) is 89.8 cm³/mol. The third-order valence-electron chi connectivity index (χ3n) is 4.23. The Bertz CT molecular complexity index is 912. The third kappa shape index (κ3) is 3.28. The van der Waals surface area contributed by atoms with E-state index in [-0.39, 0.29) is 17.1 Å². The molecule has 0 aliphatic heterocycles. The number of carbonyl (C=O) groups excluding carboxylic acids is 2. The highest BCUT2D eigenvalue weighted by molar-refractivity contribution is 6.30. The van der Waals surface area contributed by atoms with E-state index in [1.165, 1.54) is 29.3 Å². The number of aromatic nitrogens is 1. The van der Waals surface area contributed by atoms with Gasteiger partial charge in [-0.15, -0.1) is 0 Å². The van der Waals surface area contributed by atoms with Crippen LogP contribution >= 0.6 is 11.6 Å². The van der Waals surface area contributed by atoms with Crippen LogP contribution in [0.2, 0.25) is 5.02 Å². The van der Waals surface area contributed by atoms with Gasteiger partial charge in [-0.1, -0.05) is 11.6 Å². The highest BCUT2D eigenvalue weighted by atomic mass is 35.5. The van der Waals surface area contributed by atoms with Gasteiger partial charge in [-0.25, -0.2) is 4.39 Å². The number of rotatable bonds is 4. The van der Waals surface area contributed by atoms with Gasteiger partial charge >= 0.3 is 0 Å². The molecular weight excluding hydrogens is 349 g/mol. The number of amides is 2. The zero-order valence-electron chi connectivity index (χ0n) is 13.1. The van der Waals surface area contributed by atoms with Gasteiger partial charge in [0.05, 0.1) is 6.04 Å². The van der Waals surface area contributed by atoms with Crippen LogP contribution in [0.1, 0.15) is 33.9 Å². The van der Waals surface area contributed by atoms with Gasteiger partial charge in [-0.2, -0.15) is 0 Å². The first kappa shape index (κ1) is 17.2. The van der Waals surface area contributed by atoms with Crippen LogP contribution in [0.5, 0.6) is 0 Å². The summed E-state index contributed by atoms with van der Waals surface area (Å²) in [6.07, 6.45) is 2.21. The molecule has 0 saturated heterocycles. The summed E-state index contributed by atoms with van der Waals surface area (Å²) in [6.45, 7) is -0.384. The second-order valence-corrected chi connectivity index (χ2v) is 6.26. The van der Waals surface area contributed by atoms with E-state index in [4.69, 9.17) is 17.3 Å². The minimum Gasteiger partial charge on any atom is -0.368 e. The van der Waals surface area contributed by atoms with Gasteiger partial charge in [0.25, 0.3) is 11.5 Å². The minimum absolute atomic E-state index is 0.111. The van der Waals surface area contributed by atoms with Gasteiger partial charge in [-0.05, 0) is 48.2 Å². The molecule has 1 heterocycles. The van der Waals surface area contributed by atoms with Crippen LogP contribution in [0.4, 0.5) is 4.39 Å². The zero-order chi connectivity index (χ0) is 18.1. The molecule has 0 bridgehead atoms. The molecule has 8 heteroatoms. The number of pyridine rings is 1. The molecular formula is C17H15ClFN3O3. The number of carbonyl (C=O) groups is 2. The summed E-state index contributed by atoms with van der Waals surface area (Å²) in [5.74, 6) is -1.82. The van der Waals surface area contributed by atoms with Crippen LogP contribution in [0, 0.1) is 5.82 Å². The Morgan fingerprint density at radius 2 is 2.16 bits per heavy atom. The maximum absolute atomic E-state index is 14.1. The number of hydrogen-bond donors (Lipinski definition) is 2. The summed E-state index contributed by atoms with van der Waals surface area (Å²) < 4.78 is 14.1. The third-order valence-corrected chi connectivity index (χ3v) is 4.45. The molecule has 3 N–H and O–H groups in total. The van der Waals surface area contributed by atoms with Gasteiger partial charge in [0.2, 0.25) is 5.91 Å². The van der Waals surface area contributed by atoms with Crippen LogP contribution in [0.25, 0.3) is 0 Å². The molecule has 25 heavy (non-hydrogen) atoms. The van der Waals surface area contributed by atoms with Crippen molar-refractivity contribution in [3.05, 3.63) is 68.3 Å². The van der Waals surface area contributed by atoms with E-state index in [1.807, 2.05) is 0 Å². The van der Waals surface area contributed by atoms with Crippen LogP contribution in [-0.4, -0.2) is 28.2 Å². The van der Waals surface area contributed by atoms with Crippen LogP contribution < -0.4 is 11.3 Å². The Kier molecular flexibility index (Phi) is 4.59. The second kappa shape index (κ2) is 6.68. The molecule has 1 aromatic carbocycles. The molecule has 1 atom stereocenters. The fraction of sp³-hybridized carbons (Fsp3) is 0.235. The van der Waals surface area contributed by atoms with E-state index in [0.29, 0.717) is 24.0 Å². The minimum atomic E-state index is -0.725. The van der Waals surface area contributed by atoms with Crippen molar-refractivity contribution in [2.24, 2.45) is 5.73 Å². The number of hydrogen-bond acceptors (Lipinski definition) is 3. The largest absolute Gasteiger partial charge is 0.368 e. The SMILES string of the molecule is NC(=O)CN(C(=O)c1ccc[nH]c1=O)[C@@H]1CCc2c(F)cc(Cl)cc21. The summed E-state index contributed by atoms with van der Waals surface area (Å²) in [5.41, 5.74) is 5.58. The van der Waals surface area contributed by atoms with Gasteiger partial charge in [0.1, 0.15) is 17.9 Å². The Balaban J connectivity index is 2.05. The first-order valence-corrected chi connectivity index (χ1v) is 8.01. The predicted octanol–water partition coefficient (Wildman–Crippen LogP) is 1.78. The average molecular weight is 364 g/mol. The monoisotopic (exact) mass is 363 g/mol. The number of nitrogens with two attached hydrogens (primary N) is 1.